The summed E-state index contributed by atoms with van der Waals surface area (Å²) in [6.45, 7) is 6.28. The van der Waals surface area contributed by atoms with Crippen molar-refractivity contribution in [2.75, 3.05) is 0 Å². The summed E-state index contributed by atoms with van der Waals surface area (Å²) in [5.41, 5.74) is 10.8. The van der Waals surface area contributed by atoms with Gasteiger partial charge in [-0.3, -0.25) is 0 Å². The maximum absolute atomic E-state index is 6.24. The fraction of sp³-hybridized carbons (Fsp3) is 0.0909. The lowest BCUT2D eigenvalue weighted by molar-refractivity contribution is 0.619. The number of aromatic nitrogens is 2. The van der Waals surface area contributed by atoms with Crippen molar-refractivity contribution in [3.63, 3.8) is 0 Å². The van der Waals surface area contributed by atoms with E-state index < -0.39 is 0 Å². The monoisotopic (exact) mass is 480 g/mol. The predicted octanol–water partition coefficient (Wildman–Crippen LogP) is 9.05. The molecule has 0 unspecified atom stereocenters. The Hall–Kier alpha value is -4.70. The third kappa shape index (κ3) is 3.53. The molecule has 4 aromatic heterocycles. The van der Waals surface area contributed by atoms with Crippen LogP contribution in [0.15, 0.2) is 99.8 Å². The molecule has 0 saturated heterocycles. The highest BCUT2D eigenvalue weighted by atomic mass is 16.3. The molecule has 0 aliphatic rings. The number of pyridine rings is 2. The molecule has 3 aromatic carbocycles. The molecular formula is C33H24N2O2. The van der Waals surface area contributed by atoms with Gasteiger partial charge in [-0.2, -0.15) is 0 Å². The van der Waals surface area contributed by atoms with Gasteiger partial charge in [0.05, 0.1) is 5.69 Å². The van der Waals surface area contributed by atoms with Gasteiger partial charge in [-0.05, 0) is 79.4 Å². The highest BCUT2D eigenvalue weighted by molar-refractivity contribution is 6.08. The molecule has 0 aliphatic heterocycles. The molecule has 7 aromatic rings. The lowest BCUT2D eigenvalue weighted by Gasteiger charge is -2.10. The van der Waals surface area contributed by atoms with Crippen molar-refractivity contribution < 1.29 is 8.83 Å². The standard InChI is InChI=1S/C33H24N2O2/c1-19-6-4-7-20(2)30(19)23-13-11-22(12-14-23)29-18-24-15-17-28(35-32(24)36-29)27-9-5-8-25-26-16-10-21(3)34-33(26)37-31(25)27/h4-18H,1-3H3. The Bertz CT molecular complexity index is 1940. The van der Waals surface area contributed by atoms with E-state index in [9.17, 15) is 0 Å². The summed E-state index contributed by atoms with van der Waals surface area (Å²) in [6, 6.07) is 31.3. The Labute approximate surface area is 214 Å². The summed E-state index contributed by atoms with van der Waals surface area (Å²) in [5.74, 6) is 0.800. The normalized spacial score (nSPS) is 11.6. The summed E-state index contributed by atoms with van der Waals surface area (Å²) in [5, 5.41) is 3.01. The minimum atomic E-state index is 0.605. The van der Waals surface area contributed by atoms with Crippen molar-refractivity contribution >= 4 is 33.2 Å². The lowest BCUT2D eigenvalue weighted by atomic mass is 9.95. The number of furan rings is 2. The average Bonchev–Trinajstić information content (AvgIpc) is 3.49. The molecular weight excluding hydrogens is 456 g/mol. The van der Waals surface area contributed by atoms with Crippen LogP contribution in [0, 0.1) is 20.8 Å². The van der Waals surface area contributed by atoms with E-state index in [1.54, 1.807) is 0 Å². The Morgan fingerprint density at radius 2 is 1.35 bits per heavy atom. The van der Waals surface area contributed by atoms with Gasteiger partial charge in [-0.15, -0.1) is 0 Å². The molecule has 0 saturated carbocycles. The van der Waals surface area contributed by atoms with Crippen molar-refractivity contribution in [1.82, 2.24) is 9.97 Å². The van der Waals surface area contributed by atoms with E-state index in [-0.39, 0.29) is 0 Å². The first-order valence-corrected chi connectivity index (χ1v) is 12.4. The second kappa shape index (κ2) is 8.17. The molecule has 0 bridgehead atoms. The van der Waals surface area contributed by atoms with Gasteiger partial charge in [0, 0.05) is 33.0 Å². The van der Waals surface area contributed by atoms with Gasteiger partial charge in [0.1, 0.15) is 11.3 Å². The highest BCUT2D eigenvalue weighted by Crippen LogP contribution is 2.36. The number of hydrogen-bond donors (Lipinski definition) is 0. The number of hydrogen-bond acceptors (Lipinski definition) is 4. The average molecular weight is 481 g/mol. The zero-order valence-corrected chi connectivity index (χ0v) is 20.9. The molecule has 4 heterocycles. The van der Waals surface area contributed by atoms with Crippen molar-refractivity contribution in [3.8, 4) is 33.7 Å². The Balaban J connectivity index is 1.28. The van der Waals surface area contributed by atoms with Crippen LogP contribution < -0.4 is 0 Å². The molecule has 4 nitrogen and oxygen atoms in total. The fourth-order valence-electron chi connectivity index (χ4n) is 5.25. The van der Waals surface area contributed by atoms with Crippen LogP contribution in [0.5, 0.6) is 0 Å². The van der Waals surface area contributed by atoms with Crippen molar-refractivity contribution in [2.24, 2.45) is 0 Å². The molecule has 0 aliphatic carbocycles. The van der Waals surface area contributed by atoms with Crippen LogP contribution in [0.3, 0.4) is 0 Å². The minimum absolute atomic E-state index is 0.605. The van der Waals surface area contributed by atoms with Crippen LogP contribution >= 0.6 is 0 Å². The number of nitrogens with zero attached hydrogens (tertiary/aromatic N) is 2. The minimum Gasteiger partial charge on any atom is -0.438 e. The second-order valence-electron chi connectivity index (χ2n) is 9.64. The number of fused-ring (bicyclic) bond motifs is 4. The van der Waals surface area contributed by atoms with Gasteiger partial charge in [0.2, 0.25) is 11.4 Å². The third-order valence-electron chi connectivity index (χ3n) is 7.10. The zero-order valence-electron chi connectivity index (χ0n) is 20.9. The largest absolute Gasteiger partial charge is 0.438 e. The summed E-state index contributed by atoms with van der Waals surface area (Å²) in [6.07, 6.45) is 0. The molecule has 0 spiro atoms. The van der Waals surface area contributed by atoms with Crippen LogP contribution in [-0.4, -0.2) is 9.97 Å². The first-order chi connectivity index (χ1) is 18.0. The Kier molecular flexibility index (Phi) is 4.76. The van der Waals surface area contributed by atoms with Gasteiger partial charge in [0.15, 0.2) is 0 Å². The maximum Gasteiger partial charge on any atom is 0.227 e. The van der Waals surface area contributed by atoms with Crippen LogP contribution in [0.2, 0.25) is 0 Å². The zero-order chi connectivity index (χ0) is 25.1. The molecule has 0 atom stereocenters. The highest BCUT2D eigenvalue weighted by Gasteiger charge is 2.16. The van der Waals surface area contributed by atoms with E-state index in [0.29, 0.717) is 11.4 Å². The molecule has 178 valence electrons. The SMILES string of the molecule is Cc1ccc2c(n1)oc1c(-c3ccc4cc(-c5ccc(-c6c(C)cccc6C)cc5)oc4n3)cccc12. The first kappa shape index (κ1) is 21.6. The molecule has 0 amide bonds. The van der Waals surface area contributed by atoms with Gasteiger partial charge < -0.3 is 8.83 Å². The van der Waals surface area contributed by atoms with E-state index in [1.165, 1.54) is 22.3 Å². The van der Waals surface area contributed by atoms with Gasteiger partial charge in [-0.25, -0.2) is 9.97 Å². The van der Waals surface area contributed by atoms with E-state index in [2.05, 4.69) is 85.6 Å². The van der Waals surface area contributed by atoms with Gasteiger partial charge in [0.25, 0.3) is 0 Å². The molecule has 0 fully saturated rings. The van der Waals surface area contributed by atoms with E-state index in [0.717, 1.165) is 50.0 Å². The Morgan fingerprint density at radius 3 is 2.16 bits per heavy atom. The van der Waals surface area contributed by atoms with Gasteiger partial charge >= 0.3 is 0 Å². The maximum atomic E-state index is 6.24. The summed E-state index contributed by atoms with van der Waals surface area (Å²) in [7, 11) is 0. The summed E-state index contributed by atoms with van der Waals surface area (Å²) < 4.78 is 12.4. The summed E-state index contributed by atoms with van der Waals surface area (Å²) >= 11 is 0. The lowest BCUT2D eigenvalue weighted by Crippen LogP contribution is -1.87. The van der Waals surface area contributed by atoms with E-state index >= 15 is 0 Å². The van der Waals surface area contributed by atoms with Crippen LogP contribution in [0.25, 0.3) is 66.9 Å². The molecule has 0 radical (unpaired) electrons. The number of benzene rings is 3. The van der Waals surface area contributed by atoms with Crippen molar-refractivity contribution in [1.29, 1.82) is 0 Å². The molecule has 37 heavy (non-hydrogen) atoms. The van der Waals surface area contributed by atoms with Crippen molar-refractivity contribution in [3.05, 3.63) is 108 Å². The third-order valence-corrected chi connectivity index (χ3v) is 7.10. The van der Waals surface area contributed by atoms with Crippen LogP contribution in [0.1, 0.15) is 16.8 Å². The summed E-state index contributed by atoms with van der Waals surface area (Å²) in [4.78, 5) is 9.43. The van der Waals surface area contributed by atoms with E-state index in [1.807, 2.05) is 31.2 Å². The van der Waals surface area contributed by atoms with Crippen molar-refractivity contribution in [2.45, 2.75) is 20.8 Å². The van der Waals surface area contributed by atoms with E-state index in [4.69, 9.17) is 13.8 Å². The number of aryl methyl sites for hydroxylation is 3. The van der Waals surface area contributed by atoms with Gasteiger partial charge in [-0.1, -0.05) is 54.6 Å². The quantitative estimate of drug-likeness (QED) is 0.253. The topological polar surface area (TPSA) is 52.1 Å². The van der Waals surface area contributed by atoms with Crippen LogP contribution in [-0.2, 0) is 0 Å². The molecule has 0 N–H and O–H groups in total. The number of para-hydroxylation sites is 1. The molecule has 4 heteroatoms. The fourth-order valence-corrected chi connectivity index (χ4v) is 5.25. The predicted molar refractivity (Wildman–Crippen MR) is 150 cm³/mol. The van der Waals surface area contributed by atoms with Crippen LogP contribution in [0.4, 0.5) is 0 Å². The number of rotatable bonds is 3. The first-order valence-electron chi connectivity index (χ1n) is 12.4. The smallest absolute Gasteiger partial charge is 0.227 e. The second-order valence-corrected chi connectivity index (χ2v) is 9.64. The Morgan fingerprint density at radius 1 is 0.595 bits per heavy atom. The molecule has 7 rings (SSSR count).